The Labute approximate surface area is 354 Å². The number of fused-ring (bicyclic) bond motifs is 4. The van der Waals surface area contributed by atoms with Crippen LogP contribution in [0.3, 0.4) is 0 Å². The summed E-state index contributed by atoms with van der Waals surface area (Å²) in [5.74, 6) is -4.12. The van der Waals surface area contributed by atoms with E-state index < -0.39 is 28.7 Å². The van der Waals surface area contributed by atoms with Crippen LogP contribution in [0.4, 0.5) is 17.1 Å². The van der Waals surface area contributed by atoms with Crippen LogP contribution in [0.25, 0.3) is 49.7 Å². The fourth-order valence-electron chi connectivity index (χ4n) is 9.34. The standard InChI is InChI=1S/C55H43NO5/c1-55(2)46-15-9-8-13-43(46)44-29-28-40(32-47(44)55)56(39-26-24-36(25-27-39)33-10-4-3-5-11-33)48-31-30-41(42-12-6-7-14-45(42)48)37-20-16-34(17-21-37)35-18-22-38(23-19-35)49-50(57)52(59)54(61)53(60)51(49)58/h3-18,20-32,35,57-61H,19H2,1-2H3. The second kappa shape index (κ2) is 14.5. The van der Waals surface area contributed by atoms with Crippen LogP contribution in [-0.2, 0) is 5.41 Å². The van der Waals surface area contributed by atoms with Crippen molar-refractivity contribution in [2.24, 2.45) is 0 Å². The number of allylic oxidation sites excluding steroid dienone is 4. The van der Waals surface area contributed by atoms with E-state index in [1.54, 1.807) is 6.08 Å². The molecule has 0 fully saturated rings. The van der Waals surface area contributed by atoms with Crippen molar-refractivity contribution in [2.45, 2.75) is 31.6 Å². The number of phenolic OH excluding ortho intramolecular Hbond substituents is 5. The Morgan fingerprint density at radius 3 is 1.77 bits per heavy atom. The molecule has 6 heteroatoms. The first-order valence-corrected chi connectivity index (χ1v) is 20.5. The van der Waals surface area contributed by atoms with E-state index in [0.29, 0.717) is 12.0 Å². The van der Waals surface area contributed by atoms with Crippen LogP contribution in [0.2, 0.25) is 0 Å². The second-order valence-corrected chi connectivity index (χ2v) is 16.4. The van der Waals surface area contributed by atoms with Gasteiger partial charge >= 0.3 is 0 Å². The summed E-state index contributed by atoms with van der Waals surface area (Å²) in [5, 5.41) is 53.2. The van der Waals surface area contributed by atoms with Gasteiger partial charge in [0.2, 0.25) is 17.2 Å². The highest BCUT2D eigenvalue weighted by molar-refractivity contribution is 6.06. The van der Waals surface area contributed by atoms with Crippen molar-refractivity contribution in [3.8, 4) is 62.1 Å². The van der Waals surface area contributed by atoms with Crippen molar-refractivity contribution in [1.29, 1.82) is 0 Å². The minimum Gasteiger partial charge on any atom is -0.504 e. The number of rotatable bonds is 7. The van der Waals surface area contributed by atoms with Crippen LogP contribution in [-0.4, -0.2) is 25.5 Å². The van der Waals surface area contributed by atoms with Gasteiger partial charge in [-0.25, -0.2) is 0 Å². The normalized spacial score (nSPS) is 15.0. The van der Waals surface area contributed by atoms with E-state index in [9.17, 15) is 25.5 Å². The molecule has 8 aromatic rings. The fourth-order valence-corrected chi connectivity index (χ4v) is 9.34. The lowest BCUT2D eigenvalue weighted by molar-refractivity contribution is 0.327. The average molecular weight is 798 g/mol. The Balaban J connectivity index is 1.01. The first kappa shape index (κ1) is 37.6. The molecule has 0 bridgehead atoms. The monoisotopic (exact) mass is 797 g/mol. The molecular formula is C55H43NO5. The predicted octanol–water partition coefficient (Wildman–Crippen LogP) is 13.6. The highest BCUT2D eigenvalue weighted by Gasteiger charge is 2.36. The Morgan fingerprint density at radius 1 is 0.492 bits per heavy atom. The number of nitrogens with zero attached hydrogens (tertiary/aromatic N) is 1. The van der Waals surface area contributed by atoms with Gasteiger partial charge in [0.05, 0.1) is 11.3 Å². The lowest BCUT2D eigenvalue weighted by Crippen LogP contribution is -2.16. The summed E-state index contributed by atoms with van der Waals surface area (Å²) < 4.78 is 0. The Hall–Kier alpha value is -7.70. The van der Waals surface area contributed by atoms with Gasteiger partial charge in [-0.2, -0.15) is 0 Å². The molecule has 2 aliphatic rings. The van der Waals surface area contributed by atoms with Gasteiger partial charge in [0.1, 0.15) is 0 Å². The topological polar surface area (TPSA) is 104 Å². The summed E-state index contributed by atoms with van der Waals surface area (Å²) in [7, 11) is 0. The Kier molecular flexibility index (Phi) is 8.95. The molecule has 0 aromatic heterocycles. The highest BCUT2D eigenvalue weighted by Crippen LogP contribution is 2.54. The number of aromatic hydroxyl groups is 5. The zero-order valence-electron chi connectivity index (χ0n) is 33.7. The lowest BCUT2D eigenvalue weighted by atomic mass is 9.82. The molecule has 1 unspecified atom stereocenters. The second-order valence-electron chi connectivity index (χ2n) is 16.4. The first-order valence-electron chi connectivity index (χ1n) is 20.5. The number of anilines is 3. The van der Waals surface area contributed by atoms with Crippen molar-refractivity contribution in [1.82, 2.24) is 0 Å². The molecule has 0 radical (unpaired) electrons. The average Bonchev–Trinajstić information content (AvgIpc) is 3.54. The molecule has 2 aliphatic carbocycles. The number of phenols is 5. The Bertz CT molecular complexity index is 3040. The molecule has 1 atom stereocenters. The van der Waals surface area contributed by atoms with Crippen molar-refractivity contribution >= 4 is 33.4 Å². The summed E-state index contributed by atoms with van der Waals surface area (Å²) in [6.45, 7) is 4.64. The smallest absolute Gasteiger partial charge is 0.208 e. The summed E-state index contributed by atoms with van der Waals surface area (Å²) in [6, 6.07) is 56.6. The van der Waals surface area contributed by atoms with Crippen molar-refractivity contribution < 1.29 is 25.5 Å². The SMILES string of the molecule is CC1(C)c2ccccc2-c2ccc(N(c3ccc(-c4ccccc4)cc3)c3ccc(-c4ccc(C5C=CC(c6c(O)c(O)c(O)c(O)c6O)=CC5)cc4)c4ccccc34)cc21. The van der Waals surface area contributed by atoms with E-state index in [-0.39, 0.29) is 16.9 Å². The summed E-state index contributed by atoms with van der Waals surface area (Å²) in [6.07, 6.45) is 6.09. The van der Waals surface area contributed by atoms with E-state index in [2.05, 4.69) is 170 Å². The van der Waals surface area contributed by atoms with Gasteiger partial charge in [0.25, 0.3) is 0 Å². The molecule has 0 saturated carbocycles. The third-order valence-electron chi connectivity index (χ3n) is 12.6. The molecule has 10 rings (SSSR count). The molecule has 0 heterocycles. The maximum atomic E-state index is 10.5. The molecule has 0 spiro atoms. The van der Waals surface area contributed by atoms with Gasteiger partial charge in [-0.15, -0.1) is 0 Å². The molecular weight excluding hydrogens is 755 g/mol. The number of hydrogen-bond acceptors (Lipinski definition) is 6. The molecule has 61 heavy (non-hydrogen) atoms. The van der Waals surface area contributed by atoms with E-state index >= 15 is 0 Å². The minimum absolute atomic E-state index is 0.0208. The van der Waals surface area contributed by atoms with Crippen LogP contribution in [0.15, 0.2) is 176 Å². The third-order valence-corrected chi connectivity index (χ3v) is 12.6. The number of hydrogen-bond donors (Lipinski definition) is 5. The maximum absolute atomic E-state index is 10.5. The van der Waals surface area contributed by atoms with E-state index in [1.165, 1.54) is 27.8 Å². The van der Waals surface area contributed by atoms with Gasteiger partial charge in [-0.05, 0) is 97.8 Å². The molecule has 8 aromatic carbocycles. The van der Waals surface area contributed by atoms with E-state index in [0.717, 1.165) is 50.1 Å². The first-order chi connectivity index (χ1) is 29.6. The molecule has 5 N–H and O–H groups in total. The number of benzene rings is 8. The highest BCUT2D eigenvalue weighted by atomic mass is 16.4. The van der Waals surface area contributed by atoms with Crippen LogP contribution < -0.4 is 4.90 Å². The maximum Gasteiger partial charge on any atom is 0.208 e. The van der Waals surface area contributed by atoms with Gasteiger partial charge < -0.3 is 30.4 Å². The van der Waals surface area contributed by atoms with Crippen LogP contribution >= 0.6 is 0 Å². The van der Waals surface area contributed by atoms with Crippen LogP contribution in [0, 0.1) is 0 Å². The molecule has 298 valence electrons. The van der Waals surface area contributed by atoms with Gasteiger partial charge in [-0.3, -0.25) is 0 Å². The van der Waals surface area contributed by atoms with Crippen LogP contribution in [0.1, 0.15) is 48.4 Å². The predicted molar refractivity (Wildman–Crippen MR) is 246 cm³/mol. The van der Waals surface area contributed by atoms with Crippen LogP contribution in [0.5, 0.6) is 28.7 Å². The Morgan fingerprint density at radius 2 is 1.07 bits per heavy atom. The third kappa shape index (κ3) is 6.18. The molecule has 0 amide bonds. The zero-order valence-corrected chi connectivity index (χ0v) is 33.7. The van der Waals surface area contributed by atoms with Gasteiger partial charge in [0.15, 0.2) is 11.5 Å². The van der Waals surface area contributed by atoms with Crippen molar-refractivity contribution in [3.63, 3.8) is 0 Å². The molecule has 6 nitrogen and oxygen atoms in total. The summed E-state index contributed by atoms with van der Waals surface area (Å²) in [4.78, 5) is 2.39. The zero-order chi connectivity index (χ0) is 42.0. The molecule has 0 aliphatic heterocycles. The largest absolute Gasteiger partial charge is 0.504 e. The van der Waals surface area contributed by atoms with Crippen molar-refractivity contribution in [3.05, 3.63) is 198 Å². The molecule has 0 saturated heterocycles. The fraction of sp³-hybridized carbons (Fsp3) is 0.0909. The minimum atomic E-state index is -0.972. The van der Waals surface area contributed by atoms with Gasteiger partial charge in [-0.1, -0.05) is 159 Å². The quantitative estimate of drug-likeness (QED) is 0.0813. The van der Waals surface area contributed by atoms with E-state index in [4.69, 9.17) is 0 Å². The van der Waals surface area contributed by atoms with E-state index in [1.807, 2.05) is 18.2 Å². The summed E-state index contributed by atoms with van der Waals surface area (Å²) >= 11 is 0. The summed E-state index contributed by atoms with van der Waals surface area (Å²) in [5.41, 5.74) is 14.3. The van der Waals surface area contributed by atoms with Crippen molar-refractivity contribution in [2.75, 3.05) is 4.90 Å². The lowest BCUT2D eigenvalue weighted by Gasteiger charge is -2.29. The van der Waals surface area contributed by atoms with Gasteiger partial charge in [0, 0.05) is 28.1 Å².